The average molecular weight is 471 g/mol. The third kappa shape index (κ3) is 4.36. The van der Waals surface area contributed by atoms with Crippen molar-refractivity contribution in [1.29, 1.82) is 0 Å². The molecule has 0 bridgehead atoms. The molecule has 1 saturated heterocycles. The number of carbonyl (C=O) groups is 1. The van der Waals surface area contributed by atoms with Crippen LogP contribution in [0.2, 0.25) is 0 Å². The maximum Gasteiger partial charge on any atom is 0.328 e. The molecule has 10 heteroatoms. The summed E-state index contributed by atoms with van der Waals surface area (Å²) in [4.78, 5) is 40.2. The molecule has 174 valence electrons. The maximum atomic E-state index is 13.0. The van der Waals surface area contributed by atoms with Crippen LogP contribution in [0.25, 0.3) is 10.9 Å². The second-order valence-electron chi connectivity index (χ2n) is 8.14. The van der Waals surface area contributed by atoms with Crippen LogP contribution in [0.4, 0.5) is 5.69 Å². The first kappa shape index (κ1) is 22.9. The van der Waals surface area contributed by atoms with Gasteiger partial charge in [-0.3, -0.25) is 14.2 Å². The third-order valence-corrected chi connectivity index (χ3v) is 7.86. The highest BCUT2D eigenvalue weighted by molar-refractivity contribution is 7.89. The average Bonchev–Trinajstić information content (AvgIpc) is 2.80. The van der Waals surface area contributed by atoms with Crippen molar-refractivity contribution in [3.05, 3.63) is 68.4 Å². The number of anilines is 1. The van der Waals surface area contributed by atoms with Gasteiger partial charge in [0.15, 0.2) is 0 Å². The second-order valence-corrected chi connectivity index (χ2v) is 10.1. The lowest BCUT2D eigenvalue weighted by atomic mass is 10.1. The van der Waals surface area contributed by atoms with E-state index in [0.29, 0.717) is 29.7 Å². The number of aromatic amines is 1. The lowest BCUT2D eigenvalue weighted by Crippen LogP contribution is -2.35. The summed E-state index contributed by atoms with van der Waals surface area (Å²) < 4.78 is 28.6. The number of carbonyl (C=O) groups excluding carboxylic acids is 1. The summed E-state index contributed by atoms with van der Waals surface area (Å²) in [6, 6.07) is 9.13. The molecule has 0 saturated carbocycles. The van der Waals surface area contributed by atoms with E-state index in [1.54, 1.807) is 26.0 Å². The Morgan fingerprint density at radius 2 is 1.79 bits per heavy atom. The van der Waals surface area contributed by atoms with Gasteiger partial charge < -0.3 is 10.3 Å². The second kappa shape index (κ2) is 8.95. The molecule has 33 heavy (non-hydrogen) atoms. The fourth-order valence-electron chi connectivity index (χ4n) is 4.03. The van der Waals surface area contributed by atoms with Gasteiger partial charge in [-0.15, -0.1) is 0 Å². The number of nitrogens with zero attached hydrogens (tertiary/aromatic N) is 2. The van der Waals surface area contributed by atoms with E-state index in [0.717, 1.165) is 23.8 Å². The van der Waals surface area contributed by atoms with Gasteiger partial charge in [-0.05, 0) is 62.6 Å². The summed E-state index contributed by atoms with van der Waals surface area (Å²) in [5.41, 5.74) is 0.624. The highest BCUT2D eigenvalue weighted by Gasteiger charge is 2.26. The van der Waals surface area contributed by atoms with Crippen LogP contribution in [0, 0.1) is 6.92 Å². The molecule has 9 nitrogen and oxygen atoms in total. The monoisotopic (exact) mass is 470 g/mol. The van der Waals surface area contributed by atoms with Crippen molar-refractivity contribution in [1.82, 2.24) is 13.9 Å². The quantitative estimate of drug-likeness (QED) is 0.593. The number of hydrogen-bond donors (Lipinski definition) is 2. The van der Waals surface area contributed by atoms with E-state index in [2.05, 4.69) is 10.3 Å². The Hall–Kier alpha value is -3.24. The van der Waals surface area contributed by atoms with Crippen LogP contribution in [-0.4, -0.2) is 41.3 Å². The Bertz CT molecular complexity index is 1450. The molecular weight excluding hydrogens is 444 g/mol. The van der Waals surface area contributed by atoms with Gasteiger partial charge in [0.1, 0.15) is 0 Å². The lowest BCUT2D eigenvalue weighted by Gasteiger charge is -2.26. The van der Waals surface area contributed by atoms with Gasteiger partial charge in [0.25, 0.3) is 11.5 Å². The molecular formula is C23H26N4O5S. The number of H-pyrrole nitrogens is 1. The first-order valence-corrected chi connectivity index (χ1v) is 12.4. The Kier molecular flexibility index (Phi) is 6.22. The molecule has 2 heterocycles. The number of aryl methyl sites for hydroxylation is 1. The molecule has 2 aromatic carbocycles. The molecule has 1 aliphatic rings. The number of amides is 1. The van der Waals surface area contributed by atoms with E-state index in [4.69, 9.17) is 0 Å². The molecule has 0 aliphatic carbocycles. The number of rotatable bonds is 5. The molecule has 0 radical (unpaired) electrons. The summed E-state index contributed by atoms with van der Waals surface area (Å²) in [5.74, 6) is -0.479. The van der Waals surface area contributed by atoms with Crippen LogP contribution in [-0.2, 0) is 16.6 Å². The SMILES string of the molecule is CCn1c(=O)[nH]c2cc(C(=O)Nc3cc(S(=O)(=O)N4CCCCC4)ccc3C)ccc2c1=O. The summed E-state index contributed by atoms with van der Waals surface area (Å²) in [5, 5.41) is 3.07. The maximum absolute atomic E-state index is 13.0. The van der Waals surface area contributed by atoms with Gasteiger partial charge in [-0.1, -0.05) is 12.5 Å². The largest absolute Gasteiger partial charge is 0.328 e. The molecule has 4 rings (SSSR count). The summed E-state index contributed by atoms with van der Waals surface area (Å²) in [6.07, 6.45) is 2.69. The molecule has 3 aromatic rings. The van der Waals surface area contributed by atoms with Gasteiger partial charge >= 0.3 is 5.69 Å². The van der Waals surface area contributed by atoms with Crippen molar-refractivity contribution in [2.75, 3.05) is 18.4 Å². The molecule has 0 atom stereocenters. The van der Waals surface area contributed by atoms with Crippen molar-refractivity contribution < 1.29 is 13.2 Å². The predicted octanol–water partition coefficient (Wildman–Crippen LogP) is 2.45. The number of piperidine rings is 1. The van der Waals surface area contributed by atoms with Crippen molar-refractivity contribution in [3.63, 3.8) is 0 Å². The van der Waals surface area contributed by atoms with E-state index in [9.17, 15) is 22.8 Å². The molecule has 1 aliphatic heterocycles. The van der Waals surface area contributed by atoms with Crippen LogP contribution < -0.4 is 16.6 Å². The Morgan fingerprint density at radius 3 is 2.48 bits per heavy atom. The third-order valence-electron chi connectivity index (χ3n) is 5.97. The topological polar surface area (TPSA) is 121 Å². The fraction of sp³-hybridized carbons (Fsp3) is 0.348. The Balaban J connectivity index is 1.64. The highest BCUT2D eigenvalue weighted by atomic mass is 32.2. The number of nitrogens with one attached hydrogen (secondary N) is 2. The van der Waals surface area contributed by atoms with Crippen LogP contribution in [0.15, 0.2) is 50.9 Å². The highest BCUT2D eigenvalue weighted by Crippen LogP contribution is 2.25. The molecule has 1 aromatic heterocycles. The van der Waals surface area contributed by atoms with E-state index in [1.807, 2.05) is 0 Å². The zero-order valence-electron chi connectivity index (χ0n) is 18.6. The zero-order chi connectivity index (χ0) is 23.8. The van der Waals surface area contributed by atoms with E-state index in [-0.39, 0.29) is 22.5 Å². The summed E-state index contributed by atoms with van der Waals surface area (Å²) >= 11 is 0. The van der Waals surface area contributed by atoms with Crippen molar-refractivity contribution >= 4 is 32.5 Å². The van der Waals surface area contributed by atoms with Gasteiger partial charge in [0.05, 0.1) is 15.8 Å². The van der Waals surface area contributed by atoms with Gasteiger partial charge in [-0.25, -0.2) is 13.2 Å². The number of fused-ring (bicyclic) bond motifs is 1. The van der Waals surface area contributed by atoms with Crippen molar-refractivity contribution in [2.24, 2.45) is 0 Å². The number of sulfonamides is 1. The van der Waals surface area contributed by atoms with Crippen molar-refractivity contribution in [3.8, 4) is 0 Å². The number of hydrogen-bond acceptors (Lipinski definition) is 5. The van der Waals surface area contributed by atoms with E-state index in [1.165, 1.54) is 28.6 Å². The molecule has 0 spiro atoms. The summed E-state index contributed by atoms with van der Waals surface area (Å²) in [7, 11) is -3.64. The van der Waals surface area contributed by atoms with Crippen molar-refractivity contribution in [2.45, 2.75) is 44.6 Å². The van der Waals surface area contributed by atoms with E-state index < -0.39 is 27.2 Å². The minimum Gasteiger partial charge on any atom is -0.322 e. The zero-order valence-corrected chi connectivity index (χ0v) is 19.4. The molecule has 0 unspecified atom stereocenters. The smallest absolute Gasteiger partial charge is 0.322 e. The number of aromatic nitrogens is 2. The standard InChI is InChI=1S/C23H26N4O5S/c1-3-27-22(29)18-10-8-16(13-20(18)25-23(27)30)21(28)24-19-14-17(9-7-15(19)2)33(31,32)26-11-5-4-6-12-26/h7-10,13-14H,3-6,11-12H2,1-2H3,(H,24,28)(H,25,30). The Labute approximate surface area is 191 Å². The van der Waals surface area contributed by atoms with Gasteiger partial charge in [0.2, 0.25) is 10.0 Å². The van der Waals surface area contributed by atoms with Crippen LogP contribution >= 0.6 is 0 Å². The fourth-order valence-corrected chi connectivity index (χ4v) is 5.57. The van der Waals surface area contributed by atoms with E-state index >= 15 is 0 Å². The minimum atomic E-state index is -3.64. The molecule has 1 fully saturated rings. The first-order chi connectivity index (χ1) is 15.7. The summed E-state index contributed by atoms with van der Waals surface area (Å²) in [6.45, 7) is 4.70. The van der Waals surface area contributed by atoms with Crippen LogP contribution in [0.5, 0.6) is 0 Å². The lowest BCUT2D eigenvalue weighted by molar-refractivity contribution is 0.102. The van der Waals surface area contributed by atoms with Gasteiger partial charge in [0, 0.05) is 30.9 Å². The van der Waals surface area contributed by atoms with Crippen LogP contribution in [0.1, 0.15) is 42.1 Å². The predicted molar refractivity (Wildman–Crippen MR) is 126 cm³/mol. The molecule has 2 N–H and O–H groups in total. The Morgan fingerprint density at radius 1 is 1.06 bits per heavy atom. The van der Waals surface area contributed by atoms with Gasteiger partial charge in [-0.2, -0.15) is 4.31 Å². The molecule has 1 amide bonds. The normalized spacial score (nSPS) is 15.0. The first-order valence-electron chi connectivity index (χ1n) is 10.9. The number of benzene rings is 2. The minimum absolute atomic E-state index is 0.133. The van der Waals surface area contributed by atoms with Crippen LogP contribution in [0.3, 0.4) is 0 Å².